The van der Waals surface area contributed by atoms with Crippen molar-refractivity contribution in [1.82, 2.24) is 0 Å². The Labute approximate surface area is 63.4 Å². The third kappa shape index (κ3) is 2.27. The van der Waals surface area contributed by atoms with Gasteiger partial charge in [0.05, 0.1) is 0 Å². The van der Waals surface area contributed by atoms with Crippen molar-refractivity contribution in [2.75, 3.05) is 6.61 Å². The smallest absolute Gasteiger partial charge is 0.0497 e. The van der Waals surface area contributed by atoms with E-state index in [1.54, 1.807) is 0 Å². The molecule has 0 spiro atoms. The fraction of sp³-hybridized carbons (Fsp3) is 1.00. The van der Waals surface area contributed by atoms with Gasteiger partial charge in [-0.25, -0.2) is 0 Å². The molecule has 0 saturated carbocycles. The molecule has 0 bridgehead atoms. The van der Waals surface area contributed by atoms with E-state index in [4.69, 9.17) is 10.8 Å². The first-order valence-electron chi connectivity index (χ1n) is 3.78. The van der Waals surface area contributed by atoms with Gasteiger partial charge in [-0.15, -0.1) is 0 Å². The Morgan fingerprint density at radius 2 is 1.80 bits per heavy atom. The van der Waals surface area contributed by atoms with Crippen LogP contribution in [0.15, 0.2) is 0 Å². The highest BCUT2D eigenvalue weighted by atomic mass is 16.3. The number of nitrogens with two attached hydrogens (primary N) is 1. The van der Waals surface area contributed by atoms with Gasteiger partial charge in [0.1, 0.15) is 0 Å². The van der Waals surface area contributed by atoms with Crippen molar-refractivity contribution in [1.29, 1.82) is 0 Å². The van der Waals surface area contributed by atoms with Gasteiger partial charge in [-0.1, -0.05) is 27.7 Å². The summed E-state index contributed by atoms with van der Waals surface area (Å²) in [5.74, 6) is 0.433. The highest BCUT2D eigenvalue weighted by molar-refractivity contribution is 4.82. The molecule has 2 nitrogen and oxygen atoms in total. The molecule has 0 aliphatic rings. The molecule has 1 unspecified atom stereocenters. The van der Waals surface area contributed by atoms with Crippen LogP contribution in [0.1, 0.15) is 27.7 Å². The van der Waals surface area contributed by atoms with Crippen LogP contribution in [0.4, 0.5) is 0 Å². The fourth-order valence-electron chi connectivity index (χ4n) is 1.01. The maximum absolute atomic E-state index is 8.93. The molecule has 0 radical (unpaired) electrons. The van der Waals surface area contributed by atoms with Crippen LogP contribution in [0.25, 0.3) is 0 Å². The standard InChI is InChI=1S/C8H19NO/c1-6(2)7(9)8(3,4)5-10/h6-7,10H,5,9H2,1-4H3. The van der Waals surface area contributed by atoms with Crippen molar-refractivity contribution in [3.8, 4) is 0 Å². The summed E-state index contributed by atoms with van der Waals surface area (Å²) in [6.07, 6.45) is 0. The van der Waals surface area contributed by atoms with Gasteiger partial charge in [0.2, 0.25) is 0 Å². The summed E-state index contributed by atoms with van der Waals surface area (Å²) in [6.45, 7) is 8.27. The number of hydrogen-bond acceptors (Lipinski definition) is 2. The molecule has 0 rings (SSSR count). The van der Waals surface area contributed by atoms with Crippen molar-refractivity contribution in [3.05, 3.63) is 0 Å². The number of aliphatic hydroxyl groups excluding tert-OH is 1. The van der Waals surface area contributed by atoms with Crippen LogP contribution in [0, 0.1) is 11.3 Å². The summed E-state index contributed by atoms with van der Waals surface area (Å²) in [6, 6.07) is 0.0810. The molecule has 0 aromatic rings. The largest absolute Gasteiger partial charge is 0.396 e. The molecule has 62 valence electrons. The number of rotatable bonds is 3. The lowest BCUT2D eigenvalue weighted by Gasteiger charge is -2.32. The van der Waals surface area contributed by atoms with Crippen molar-refractivity contribution in [2.45, 2.75) is 33.7 Å². The molecular formula is C8H19NO. The minimum atomic E-state index is -0.145. The predicted octanol–water partition coefficient (Wildman–Crippen LogP) is 0.988. The second-order valence-electron chi connectivity index (χ2n) is 3.92. The molecule has 1 atom stereocenters. The van der Waals surface area contributed by atoms with Gasteiger partial charge in [0.25, 0.3) is 0 Å². The Hall–Kier alpha value is -0.0800. The molecule has 0 aromatic heterocycles. The van der Waals surface area contributed by atoms with Gasteiger partial charge in [-0.2, -0.15) is 0 Å². The van der Waals surface area contributed by atoms with E-state index in [2.05, 4.69) is 13.8 Å². The minimum Gasteiger partial charge on any atom is -0.396 e. The maximum Gasteiger partial charge on any atom is 0.0497 e. The van der Waals surface area contributed by atoms with Gasteiger partial charge < -0.3 is 10.8 Å². The van der Waals surface area contributed by atoms with E-state index in [9.17, 15) is 0 Å². The average Bonchev–Trinajstić information content (AvgIpc) is 1.86. The highest BCUT2D eigenvalue weighted by Crippen LogP contribution is 2.22. The topological polar surface area (TPSA) is 46.2 Å². The van der Waals surface area contributed by atoms with Gasteiger partial charge in [0.15, 0.2) is 0 Å². The molecule has 2 heteroatoms. The summed E-state index contributed by atoms with van der Waals surface area (Å²) in [5.41, 5.74) is 5.70. The molecule has 0 heterocycles. The van der Waals surface area contributed by atoms with Crippen molar-refractivity contribution >= 4 is 0 Å². The Balaban J connectivity index is 4.03. The molecular weight excluding hydrogens is 126 g/mol. The summed E-state index contributed by atoms with van der Waals surface area (Å²) in [7, 11) is 0. The fourth-order valence-corrected chi connectivity index (χ4v) is 1.01. The second kappa shape index (κ2) is 3.35. The lowest BCUT2D eigenvalue weighted by molar-refractivity contribution is 0.113. The molecule has 0 aliphatic carbocycles. The van der Waals surface area contributed by atoms with Crippen LogP contribution in [0.2, 0.25) is 0 Å². The van der Waals surface area contributed by atoms with E-state index in [0.717, 1.165) is 0 Å². The number of aliphatic hydroxyl groups is 1. The van der Waals surface area contributed by atoms with Crippen LogP contribution in [-0.4, -0.2) is 17.8 Å². The molecule has 0 aromatic carbocycles. The number of hydrogen-bond donors (Lipinski definition) is 2. The van der Waals surface area contributed by atoms with E-state index in [-0.39, 0.29) is 18.1 Å². The monoisotopic (exact) mass is 145 g/mol. The molecule has 0 saturated heterocycles. The predicted molar refractivity (Wildman–Crippen MR) is 43.7 cm³/mol. The summed E-state index contributed by atoms with van der Waals surface area (Å²) < 4.78 is 0. The van der Waals surface area contributed by atoms with Gasteiger partial charge in [-0.05, 0) is 5.92 Å². The van der Waals surface area contributed by atoms with Gasteiger partial charge in [0, 0.05) is 18.1 Å². The van der Waals surface area contributed by atoms with E-state index in [1.807, 2.05) is 13.8 Å². The molecule has 10 heavy (non-hydrogen) atoms. The molecule has 3 N–H and O–H groups in total. The summed E-state index contributed by atoms with van der Waals surface area (Å²) in [4.78, 5) is 0. The lowest BCUT2D eigenvalue weighted by Crippen LogP contribution is -2.43. The molecule has 0 fully saturated rings. The van der Waals surface area contributed by atoms with Crippen LogP contribution in [-0.2, 0) is 0 Å². The SMILES string of the molecule is CC(C)C(N)C(C)(C)CO. The first-order valence-corrected chi connectivity index (χ1v) is 3.78. The van der Waals surface area contributed by atoms with E-state index in [1.165, 1.54) is 0 Å². The quantitative estimate of drug-likeness (QED) is 0.622. The van der Waals surface area contributed by atoms with Crippen molar-refractivity contribution < 1.29 is 5.11 Å². The third-order valence-electron chi connectivity index (χ3n) is 2.03. The van der Waals surface area contributed by atoms with Crippen LogP contribution < -0.4 is 5.73 Å². The van der Waals surface area contributed by atoms with E-state index in [0.29, 0.717) is 5.92 Å². The Bertz CT molecular complexity index is 99.4. The Morgan fingerprint density at radius 1 is 1.40 bits per heavy atom. The van der Waals surface area contributed by atoms with Crippen LogP contribution in [0.3, 0.4) is 0 Å². The summed E-state index contributed by atoms with van der Waals surface area (Å²) in [5, 5.41) is 8.93. The zero-order chi connectivity index (χ0) is 8.36. The normalized spacial score (nSPS) is 15.9. The van der Waals surface area contributed by atoms with E-state index < -0.39 is 0 Å². The first-order chi connectivity index (χ1) is 4.41. The average molecular weight is 145 g/mol. The van der Waals surface area contributed by atoms with Gasteiger partial charge >= 0.3 is 0 Å². The minimum absolute atomic E-state index is 0.0810. The first kappa shape index (κ1) is 9.92. The molecule has 0 amide bonds. The van der Waals surface area contributed by atoms with Crippen LogP contribution >= 0.6 is 0 Å². The Morgan fingerprint density at radius 3 is 1.90 bits per heavy atom. The van der Waals surface area contributed by atoms with Crippen molar-refractivity contribution in [2.24, 2.45) is 17.1 Å². The zero-order valence-electron chi connectivity index (χ0n) is 7.39. The van der Waals surface area contributed by atoms with E-state index >= 15 is 0 Å². The second-order valence-corrected chi connectivity index (χ2v) is 3.92. The lowest BCUT2D eigenvalue weighted by atomic mass is 9.80. The maximum atomic E-state index is 8.93. The zero-order valence-corrected chi connectivity index (χ0v) is 7.39. The summed E-state index contributed by atoms with van der Waals surface area (Å²) >= 11 is 0. The van der Waals surface area contributed by atoms with Crippen LogP contribution in [0.5, 0.6) is 0 Å². The highest BCUT2D eigenvalue weighted by Gasteiger charge is 2.27. The van der Waals surface area contributed by atoms with Crippen molar-refractivity contribution in [3.63, 3.8) is 0 Å². The molecule has 0 aliphatic heterocycles. The van der Waals surface area contributed by atoms with Gasteiger partial charge in [-0.3, -0.25) is 0 Å². The Kier molecular flexibility index (Phi) is 3.33. The third-order valence-corrected chi connectivity index (χ3v) is 2.03.